The number of pyridine rings is 1. The zero-order valence-electron chi connectivity index (χ0n) is 12.0. The van der Waals surface area contributed by atoms with Gasteiger partial charge >= 0.3 is 0 Å². The van der Waals surface area contributed by atoms with Crippen molar-refractivity contribution in [2.75, 3.05) is 13.1 Å². The van der Waals surface area contributed by atoms with E-state index in [1.54, 1.807) is 12.3 Å². The van der Waals surface area contributed by atoms with E-state index in [2.05, 4.69) is 16.0 Å². The molecule has 0 amide bonds. The van der Waals surface area contributed by atoms with Crippen LogP contribution in [-0.2, 0) is 0 Å². The number of nitrogens with zero attached hydrogens (tertiary/aromatic N) is 2. The molecular formula is C17H20FN3. The Hall–Kier alpha value is -1.78. The van der Waals surface area contributed by atoms with Crippen LogP contribution in [0.5, 0.6) is 0 Å². The predicted octanol–water partition coefficient (Wildman–Crippen LogP) is 3.06. The number of nitrogens with two attached hydrogens (primary N) is 1. The second-order valence-electron chi connectivity index (χ2n) is 5.46. The first-order valence-electron chi connectivity index (χ1n) is 7.41. The molecule has 0 bridgehead atoms. The topological polar surface area (TPSA) is 42.1 Å². The van der Waals surface area contributed by atoms with Crippen LogP contribution in [0.2, 0.25) is 0 Å². The molecule has 1 aromatic heterocycles. The van der Waals surface area contributed by atoms with Gasteiger partial charge in [0.05, 0.1) is 6.04 Å². The van der Waals surface area contributed by atoms with Crippen molar-refractivity contribution in [2.24, 2.45) is 5.73 Å². The molecule has 3 nitrogen and oxygen atoms in total. The Morgan fingerprint density at radius 1 is 1.29 bits per heavy atom. The highest BCUT2D eigenvalue weighted by Gasteiger charge is 2.33. The molecule has 1 aliphatic heterocycles. The van der Waals surface area contributed by atoms with E-state index in [0.717, 1.165) is 19.4 Å². The van der Waals surface area contributed by atoms with Gasteiger partial charge in [0, 0.05) is 30.5 Å². The summed E-state index contributed by atoms with van der Waals surface area (Å²) in [7, 11) is 0. The molecule has 0 radical (unpaired) electrons. The summed E-state index contributed by atoms with van der Waals surface area (Å²) in [6.07, 6.45) is 5.85. The van der Waals surface area contributed by atoms with E-state index < -0.39 is 0 Å². The fraction of sp³-hybridized carbons (Fsp3) is 0.353. The normalized spacial score (nSPS) is 20.6. The lowest BCUT2D eigenvalue weighted by Crippen LogP contribution is -2.34. The average Bonchev–Trinajstić information content (AvgIpc) is 3.00. The number of aromatic nitrogens is 1. The van der Waals surface area contributed by atoms with E-state index in [1.165, 1.54) is 11.6 Å². The number of hydrogen-bond acceptors (Lipinski definition) is 3. The van der Waals surface area contributed by atoms with Gasteiger partial charge in [-0.1, -0.05) is 24.3 Å². The first kappa shape index (κ1) is 14.2. The van der Waals surface area contributed by atoms with E-state index in [-0.39, 0.29) is 17.9 Å². The number of likely N-dealkylation sites (tertiary alicyclic amines) is 1. The van der Waals surface area contributed by atoms with Gasteiger partial charge in [-0.3, -0.25) is 9.88 Å². The monoisotopic (exact) mass is 285 g/mol. The molecule has 110 valence electrons. The molecular weight excluding hydrogens is 265 g/mol. The molecule has 21 heavy (non-hydrogen) atoms. The largest absolute Gasteiger partial charge is 0.329 e. The molecule has 2 unspecified atom stereocenters. The number of benzene rings is 1. The second-order valence-corrected chi connectivity index (χ2v) is 5.46. The minimum Gasteiger partial charge on any atom is -0.329 e. The lowest BCUT2D eigenvalue weighted by molar-refractivity contribution is 0.181. The van der Waals surface area contributed by atoms with Crippen molar-refractivity contribution in [3.05, 3.63) is 65.7 Å². The lowest BCUT2D eigenvalue weighted by Gasteiger charge is -2.33. The van der Waals surface area contributed by atoms with E-state index in [4.69, 9.17) is 5.73 Å². The quantitative estimate of drug-likeness (QED) is 0.938. The Bertz CT molecular complexity index is 588. The molecule has 1 fully saturated rings. The maximum absolute atomic E-state index is 14.1. The molecule has 0 saturated carbocycles. The zero-order valence-corrected chi connectivity index (χ0v) is 12.0. The first-order chi connectivity index (χ1) is 10.3. The average molecular weight is 285 g/mol. The molecule has 0 aliphatic carbocycles. The number of rotatable bonds is 4. The van der Waals surface area contributed by atoms with Crippen LogP contribution >= 0.6 is 0 Å². The Kier molecular flexibility index (Phi) is 4.27. The summed E-state index contributed by atoms with van der Waals surface area (Å²) in [6.45, 7) is 1.35. The van der Waals surface area contributed by atoms with Gasteiger partial charge in [-0.2, -0.15) is 0 Å². The summed E-state index contributed by atoms with van der Waals surface area (Å²) < 4.78 is 14.1. The standard InChI is InChI=1S/C17H20FN3/c18-15-7-2-1-6-14(15)17(11-19)21-10-4-8-16(21)13-5-3-9-20-12-13/h1-3,5-7,9,12,16-17H,4,8,10-11,19H2. The van der Waals surface area contributed by atoms with E-state index >= 15 is 0 Å². The minimum atomic E-state index is -0.176. The van der Waals surface area contributed by atoms with Crippen LogP contribution in [0.1, 0.15) is 36.1 Å². The van der Waals surface area contributed by atoms with E-state index in [0.29, 0.717) is 12.1 Å². The summed E-state index contributed by atoms with van der Waals surface area (Å²) in [5, 5.41) is 0. The van der Waals surface area contributed by atoms with E-state index in [1.807, 2.05) is 24.4 Å². The van der Waals surface area contributed by atoms with Gasteiger partial charge in [0.1, 0.15) is 5.82 Å². The van der Waals surface area contributed by atoms with Crippen molar-refractivity contribution in [3.8, 4) is 0 Å². The van der Waals surface area contributed by atoms with Gasteiger partial charge in [0.15, 0.2) is 0 Å². The Morgan fingerprint density at radius 2 is 2.14 bits per heavy atom. The SMILES string of the molecule is NCC(c1ccccc1F)N1CCCC1c1cccnc1. The third kappa shape index (κ3) is 2.82. The molecule has 1 aromatic carbocycles. The Balaban J connectivity index is 1.91. The molecule has 0 spiro atoms. The highest BCUT2D eigenvalue weighted by atomic mass is 19.1. The number of hydrogen-bond donors (Lipinski definition) is 1. The van der Waals surface area contributed by atoms with Crippen molar-refractivity contribution in [2.45, 2.75) is 24.9 Å². The third-order valence-electron chi connectivity index (χ3n) is 4.25. The molecule has 1 saturated heterocycles. The maximum atomic E-state index is 14.1. The molecule has 2 aromatic rings. The van der Waals surface area contributed by atoms with Crippen LogP contribution < -0.4 is 5.73 Å². The highest BCUT2D eigenvalue weighted by Crippen LogP contribution is 2.38. The van der Waals surface area contributed by atoms with Crippen molar-refractivity contribution >= 4 is 0 Å². The van der Waals surface area contributed by atoms with Gasteiger partial charge in [-0.25, -0.2) is 4.39 Å². The van der Waals surface area contributed by atoms with Gasteiger partial charge in [-0.05, 0) is 37.1 Å². The Morgan fingerprint density at radius 3 is 2.86 bits per heavy atom. The van der Waals surface area contributed by atoms with Crippen molar-refractivity contribution in [3.63, 3.8) is 0 Å². The van der Waals surface area contributed by atoms with Gasteiger partial charge in [-0.15, -0.1) is 0 Å². The summed E-state index contributed by atoms with van der Waals surface area (Å²) in [5.74, 6) is -0.176. The fourth-order valence-corrected chi connectivity index (χ4v) is 3.28. The van der Waals surface area contributed by atoms with Crippen LogP contribution in [0.25, 0.3) is 0 Å². The molecule has 1 aliphatic rings. The molecule has 2 atom stereocenters. The summed E-state index contributed by atoms with van der Waals surface area (Å²) >= 11 is 0. The van der Waals surface area contributed by atoms with Gasteiger partial charge < -0.3 is 5.73 Å². The van der Waals surface area contributed by atoms with Crippen molar-refractivity contribution in [1.29, 1.82) is 0 Å². The second kappa shape index (κ2) is 6.33. The molecule has 3 rings (SSSR count). The van der Waals surface area contributed by atoms with E-state index in [9.17, 15) is 4.39 Å². The molecule has 4 heteroatoms. The third-order valence-corrected chi connectivity index (χ3v) is 4.25. The first-order valence-corrected chi connectivity index (χ1v) is 7.41. The molecule has 2 heterocycles. The van der Waals surface area contributed by atoms with Crippen molar-refractivity contribution in [1.82, 2.24) is 9.88 Å². The predicted molar refractivity (Wildman–Crippen MR) is 81.1 cm³/mol. The number of halogens is 1. The fourth-order valence-electron chi connectivity index (χ4n) is 3.28. The summed E-state index contributed by atoms with van der Waals surface area (Å²) in [4.78, 5) is 6.52. The Labute approximate surface area is 124 Å². The highest BCUT2D eigenvalue weighted by molar-refractivity contribution is 5.24. The maximum Gasteiger partial charge on any atom is 0.128 e. The minimum absolute atomic E-state index is 0.0843. The van der Waals surface area contributed by atoms with Crippen LogP contribution in [-0.4, -0.2) is 23.0 Å². The lowest BCUT2D eigenvalue weighted by atomic mass is 10.0. The van der Waals surface area contributed by atoms with Crippen LogP contribution in [0.3, 0.4) is 0 Å². The van der Waals surface area contributed by atoms with Gasteiger partial charge in [0.2, 0.25) is 0 Å². The summed E-state index contributed by atoms with van der Waals surface area (Å²) in [6, 6.07) is 11.2. The van der Waals surface area contributed by atoms with Crippen molar-refractivity contribution < 1.29 is 4.39 Å². The smallest absolute Gasteiger partial charge is 0.128 e. The van der Waals surface area contributed by atoms with Gasteiger partial charge in [0.25, 0.3) is 0 Å². The summed E-state index contributed by atoms with van der Waals surface area (Å²) in [5.41, 5.74) is 7.85. The van der Waals surface area contributed by atoms with Crippen LogP contribution in [0.4, 0.5) is 4.39 Å². The molecule has 2 N–H and O–H groups in total. The van der Waals surface area contributed by atoms with Crippen LogP contribution in [0.15, 0.2) is 48.8 Å². The van der Waals surface area contributed by atoms with Crippen LogP contribution in [0, 0.1) is 5.82 Å². The zero-order chi connectivity index (χ0) is 14.7.